The van der Waals surface area contributed by atoms with Gasteiger partial charge in [0.2, 0.25) is 0 Å². The van der Waals surface area contributed by atoms with Crippen LogP contribution in [0.3, 0.4) is 0 Å². The maximum Gasteiger partial charge on any atom is 0.257 e. The van der Waals surface area contributed by atoms with Gasteiger partial charge in [-0.2, -0.15) is 4.98 Å². The minimum Gasteiger partial charge on any atom is -0.334 e. The van der Waals surface area contributed by atoms with Crippen LogP contribution in [-0.4, -0.2) is 15.9 Å². The number of carbonyl (C=O) groups is 1. The molecule has 1 aliphatic carbocycles. The summed E-state index contributed by atoms with van der Waals surface area (Å²) >= 11 is 0. The van der Waals surface area contributed by atoms with Gasteiger partial charge in [0.05, 0.1) is 5.41 Å². The second-order valence-corrected chi connectivity index (χ2v) is 6.28. The van der Waals surface area contributed by atoms with E-state index in [0.717, 1.165) is 24.0 Å². The summed E-state index contributed by atoms with van der Waals surface area (Å²) in [6, 6.07) is 20.0. The van der Waals surface area contributed by atoms with Gasteiger partial charge in [0.1, 0.15) is 5.78 Å². The van der Waals surface area contributed by atoms with E-state index in [9.17, 15) is 4.79 Å². The fourth-order valence-corrected chi connectivity index (χ4v) is 3.47. The molecule has 0 spiro atoms. The number of carbonyl (C=O) groups excluding carboxylic acids is 1. The van der Waals surface area contributed by atoms with Crippen molar-refractivity contribution in [2.24, 2.45) is 0 Å². The predicted molar refractivity (Wildman–Crippen MR) is 90.4 cm³/mol. The average Bonchev–Trinajstić information content (AvgIpc) is 3.15. The number of Topliss-reactive ketones (excluding diaryl/α,β-unsaturated/α-hetero) is 1. The smallest absolute Gasteiger partial charge is 0.257 e. The van der Waals surface area contributed by atoms with Crippen LogP contribution in [-0.2, 0) is 10.2 Å². The van der Waals surface area contributed by atoms with Gasteiger partial charge < -0.3 is 4.52 Å². The van der Waals surface area contributed by atoms with E-state index in [0.29, 0.717) is 30.3 Å². The van der Waals surface area contributed by atoms with Crippen LogP contribution in [0, 0.1) is 0 Å². The van der Waals surface area contributed by atoms with Crippen LogP contribution in [0.1, 0.15) is 37.1 Å². The molecule has 24 heavy (non-hydrogen) atoms. The monoisotopic (exact) mass is 318 g/mol. The Hall–Kier alpha value is -2.75. The lowest BCUT2D eigenvalue weighted by Crippen LogP contribution is -2.34. The van der Waals surface area contributed by atoms with Gasteiger partial charge in [0.25, 0.3) is 5.89 Å². The standard InChI is InChI=1S/C20H18N2O2/c23-17-11-13-20(14-12-17,16-9-5-2-6-10-16)19-21-18(24-22-19)15-7-3-1-4-8-15/h1-10H,11-14H2. The van der Waals surface area contributed by atoms with E-state index in [1.807, 2.05) is 48.5 Å². The van der Waals surface area contributed by atoms with Crippen molar-refractivity contribution in [1.82, 2.24) is 10.1 Å². The first-order valence-corrected chi connectivity index (χ1v) is 8.25. The van der Waals surface area contributed by atoms with Crippen LogP contribution in [0.2, 0.25) is 0 Å². The summed E-state index contributed by atoms with van der Waals surface area (Å²) in [5.74, 6) is 1.52. The van der Waals surface area contributed by atoms with Gasteiger partial charge in [0.15, 0.2) is 5.82 Å². The first kappa shape index (κ1) is 14.8. The second kappa shape index (κ2) is 6.04. The van der Waals surface area contributed by atoms with E-state index in [2.05, 4.69) is 22.3 Å². The second-order valence-electron chi connectivity index (χ2n) is 6.28. The van der Waals surface area contributed by atoms with Gasteiger partial charge in [-0.3, -0.25) is 4.79 Å². The number of hydrogen-bond acceptors (Lipinski definition) is 4. The molecule has 120 valence electrons. The van der Waals surface area contributed by atoms with Gasteiger partial charge >= 0.3 is 0 Å². The quantitative estimate of drug-likeness (QED) is 0.727. The number of rotatable bonds is 3. The fraction of sp³-hybridized carbons (Fsp3) is 0.250. The zero-order valence-corrected chi connectivity index (χ0v) is 13.3. The average molecular weight is 318 g/mol. The van der Waals surface area contributed by atoms with Crippen LogP contribution in [0.15, 0.2) is 65.2 Å². The molecule has 4 rings (SSSR count). The molecule has 0 radical (unpaired) electrons. The largest absolute Gasteiger partial charge is 0.334 e. The molecule has 1 fully saturated rings. The molecule has 0 aliphatic heterocycles. The van der Waals surface area contributed by atoms with Crippen molar-refractivity contribution in [2.45, 2.75) is 31.1 Å². The Morgan fingerprint density at radius 2 is 1.50 bits per heavy atom. The summed E-state index contributed by atoms with van der Waals surface area (Å²) in [7, 11) is 0. The van der Waals surface area contributed by atoms with Crippen molar-refractivity contribution in [1.29, 1.82) is 0 Å². The topological polar surface area (TPSA) is 56.0 Å². The zero-order valence-electron chi connectivity index (χ0n) is 13.3. The molecule has 0 bridgehead atoms. The number of hydrogen-bond donors (Lipinski definition) is 0. The normalized spacial score (nSPS) is 16.9. The summed E-state index contributed by atoms with van der Waals surface area (Å²) in [6.45, 7) is 0. The van der Waals surface area contributed by atoms with E-state index < -0.39 is 0 Å². The third kappa shape index (κ3) is 2.54. The Labute approximate surface area is 140 Å². The molecule has 0 amide bonds. The Morgan fingerprint density at radius 1 is 0.875 bits per heavy atom. The molecule has 1 aromatic heterocycles. The number of benzene rings is 2. The lowest BCUT2D eigenvalue weighted by molar-refractivity contribution is -0.121. The van der Waals surface area contributed by atoms with Crippen LogP contribution < -0.4 is 0 Å². The summed E-state index contributed by atoms with van der Waals surface area (Å²) in [5, 5.41) is 4.29. The highest BCUT2D eigenvalue weighted by molar-refractivity contribution is 5.80. The third-order valence-corrected chi connectivity index (χ3v) is 4.86. The molecule has 1 aliphatic rings. The minimum atomic E-state index is -0.342. The molecule has 1 heterocycles. The maximum atomic E-state index is 11.8. The molecule has 0 unspecified atom stereocenters. The number of nitrogens with zero attached hydrogens (tertiary/aromatic N) is 2. The van der Waals surface area contributed by atoms with Crippen molar-refractivity contribution in [2.75, 3.05) is 0 Å². The van der Waals surface area contributed by atoms with Gasteiger partial charge in [-0.1, -0.05) is 53.7 Å². The molecule has 4 nitrogen and oxygen atoms in total. The van der Waals surface area contributed by atoms with Crippen LogP contribution in [0.25, 0.3) is 11.5 Å². The first-order chi connectivity index (χ1) is 11.8. The van der Waals surface area contributed by atoms with Crippen molar-refractivity contribution in [3.8, 4) is 11.5 Å². The van der Waals surface area contributed by atoms with E-state index in [1.165, 1.54) is 0 Å². The van der Waals surface area contributed by atoms with Crippen molar-refractivity contribution in [3.63, 3.8) is 0 Å². The maximum absolute atomic E-state index is 11.8. The fourth-order valence-electron chi connectivity index (χ4n) is 3.47. The summed E-state index contributed by atoms with van der Waals surface area (Å²) < 4.78 is 5.53. The Bertz CT molecular complexity index is 830. The predicted octanol–water partition coefficient (Wildman–Crippen LogP) is 4.17. The molecule has 2 aromatic carbocycles. The minimum absolute atomic E-state index is 0.313. The lowest BCUT2D eigenvalue weighted by Gasteiger charge is -2.34. The summed E-state index contributed by atoms with van der Waals surface area (Å²) in [5.41, 5.74) is 1.72. The highest BCUT2D eigenvalue weighted by Gasteiger charge is 2.42. The summed E-state index contributed by atoms with van der Waals surface area (Å²) in [6.07, 6.45) is 2.57. The van der Waals surface area contributed by atoms with Crippen LogP contribution in [0.4, 0.5) is 0 Å². The highest BCUT2D eigenvalue weighted by atomic mass is 16.5. The summed E-state index contributed by atoms with van der Waals surface area (Å²) in [4.78, 5) is 16.5. The van der Waals surface area contributed by atoms with Gasteiger partial charge in [0, 0.05) is 18.4 Å². The van der Waals surface area contributed by atoms with Gasteiger partial charge in [-0.15, -0.1) is 0 Å². The zero-order chi connectivity index (χ0) is 16.4. The van der Waals surface area contributed by atoms with Crippen molar-refractivity contribution >= 4 is 5.78 Å². The molecule has 0 N–H and O–H groups in total. The molecule has 4 heteroatoms. The van der Waals surface area contributed by atoms with E-state index in [1.54, 1.807) is 0 Å². The van der Waals surface area contributed by atoms with Gasteiger partial charge in [-0.25, -0.2) is 0 Å². The molecular formula is C20H18N2O2. The Morgan fingerprint density at radius 3 is 2.17 bits per heavy atom. The van der Waals surface area contributed by atoms with Crippen molar-refractivity contribution < 1.29 is 9.32 Å². The third-order valence-electron chi connectivity index (χ3n) is 4.86. The SMILES string of the molecule is O=C1CCC(c2ccccc2)(c2noc(-c3ccccc3)n2)CC1. The van der Waals surface area contributed by atoms with Gasteiger partial charge in [-0.05, 0) is 30.5 Å². The van der Waals surface area contributed by atoms with E-state index >= 15 is 0 Å². The molecule has 3 aromatic rings. The van der Waals surface area contributed by atoms with E-state index in [-0.39, 0.29) is 5.41 Å². The Balaban J connectivity index is 1.78. The van der Waals surface area contributed by atoms with Crippen LogP contribution in [0.5, 0.6) is 0 Å². The Kier molecular flexibility index (Phi) is 3.73. The first-order valence-electron chi connectivity index (χ1n) is 8.25. The van der Waals surface area contributed by atoms with Crippen molar-refractivity contribution in [3.05, 3.63) is 72.1 Å². The molecular weight excluding hydrogens is 300 g/mol. The lowest BCUT2D eigenvalue weighted by atomic mass is 9.68. The molecule has 1 saturated carbocycles. The van der Waals surface area contributed by atoms with Crippen LogP contribution >= 0.6 is 0 Å². The number of aromatic nitrogens is 2. The van der Waals surface area contributed by atoms with E-state index in [4.69, 9.17) is 4.52 Å². The molecule has 0 atom stereocenters. The molecule has 0 saturated heterocycles. The number of ketones is 1. The highest BCUT2D eigenvalue weighted by Crippen LogP contribution is 2.43.